The Hall–Kier alpha value is -5.05. The van der Waals surface area contributed by atoms with Crippen LogP contribution in [0.25, 0.3) is 22.4 Å². The molecule has 0 amide bonds. The average molecular weight is 482 g/mol. The largest absolute Gasteiger partial charge is 0.506 e. The number of benzene rings is 3. The maximum atomic E-state index is 13.7. The first-order valence-corrected chi connectivity index (χ1v) is 10.9. The van der Waals surface area contributed by atoms with Crippen molar-refractivity contribution in [3.63, 3.8) is 0 Å². The number of aliphatic imine (C=N–C) groups is 1. The molecule has 0 saturated heterocycles. The Balaban J connectivity index is 1.91. The topological polar surface area (TPSA) is 98.6 Å². The highest BCUT2D eigenvalue weighted by Gasteiger charge is 2.24. The first-order valence-electron chi connectivity index (χ1n) is 10.9. The van der Waals surface area contributed by atoms with Gasteiger partial charge in [-0.3, -0.25) is 19.1 Å². The van der Waals surface area contributed by atoms with Crippen molar-refractivity contribution in [3.8, 4) is 17.1 Å². The van der Waals surface area contributed by atoms with Gasteiger partial charge in [0.1, 0.15) is 28.2 Å². The molecule has 0 spiro atoms. The fourth-order valence-electron chi connectivity index (χ4n) is 4.03. The minimum absolute atomic E-state index is 0.0650. The molecular weight excluding hydrogens is 463 g/mol. The standard InChI is InChI=1S/C27H19FN4O4/c1-30-24-22(23(33)21(25(30)34)16-29-18-14-12-17(28)13-15-18)26(35)32(20-10-6-3-7-11-20)27(36)31(24)19-8-4-2-5-9-19/h2-16,33H,1H3. The van der Waals surface area contributed by atoms with E-state index in [4.69, 9.17) is 0 Å². The van der Waals surface area contributed by atoms with Gasteiger partial charge in [0.05, 0.1) is 17.1 Å². The maximum Gasteiger partial charge on any atom is 0.341 e. The fourth-order valence-corrected chi connectivity index (χ4v) is 4.03. The van der Waals surface area contributed by atoms with Gasteiger partial charge in [-0.15, -0.1) is 0 Å². The molecule has 9 heteroatoms. The Morgan fingerprint density at radius 2 is 1.33 bits per heavy atom. The van der Waals surface area contributed by atoms with Gasteiger partial charge in [-0.25, -0.2) is 18.3 Å². The number of nitrogens with zero attached hydrogens (tertiary/aromatic N) is 4. The van der Waals surface area contributed by atoms with Crippen LogP contribution in [0.1, 0.15) is 5.56 Å². The number of pyridine rings is 1. The summed E-state index contributed by atoms with van der Waals surface area (Å²) >= 11 is 0. The predicted octanol–water partition coefficient (Wildman–Crippen LogP) is 3.44. The number of para-hydroxylation sites is 2. The molecule has 178 valence electrons. The van der Waals surface area contributed by atoms with Crippen LogP contribution >= 0.6 is 0 Å². The summed E-state index contributed by atoms with van der Waals surface area (Å²) in [4.78, 5) is 44.8. The highest BCUT2D eigenvalue weighted by molar-refractivity contribution is 5.94. The van der Waals surface area contributed by atoms with Crippen molar-refractivity contribution in [2.75, 3.05) is 0 Å². The van der Waals surface area contributed by atoms with Gasteiger partial charge in [0.2, 0.25) is 0 Å². The van der Waals surface area contributed by atoms with E-state index in [1.165, 1.54) is 35.9 Å². The SMILES string of the molecule is Cn1c(=O)c(C=Nc2ccc(F)cc2)c(O)c2c(=O)n(-c3ccccc3)c(=O)n(-c3ccccc3)c21. The molecule has 0 aliphatic carbocycles. The molecule has 0 saturated carbocycles. The summed E-state index contributed by atoms with van der Waals surface area (Å²) in [7, 11) is 1.41. The number of fused-ring (bicyclic) bond motifs is 1. The molecule has 2 aromatic heterocycles. The van der Waals surface area contributed by atoms with Crippen LogP contribution in [0, 0.1) is 5.82 Å². The predicted molar refractivity (Wildman–Crippen MR) is 136 cm³/mol. The maximum absolute atomic E-state index is 13.7. The molecule has 0 fully saturated rings. The Kier molecular flexibility index (Phi) is 5.65. The van der Waals surface area contributed by atoms with E-state index in [1.807, 2.05) is 0 Å². The van der Waals surface area contributed by atoms with Crippen LogP contribution in [0.15, 0.2) is 104 Å². The van der Waals surface area contributed by atoms with Gasteiger partial charge in [0, 0.05) is 13.3 Å². The molecule has 3 aromatic carbocycles. The van der Waals surface area contributed by atoms with E-state index in [-0.39, 0.29) is 16.6 Å². The van der Waals surface area contributed by atoms with E-state index in [1.54, 1.807) is 60.7 Å². The normalized spacial score (nSPS) is 11.4. The second-order valence-corrected chi connectivity index (χ2v) is 7.99. The lowest BCUT2D eigenvalue weighted by Crippen LogP contribution is -2.41. The first-order chi connectivity index (χ1) is 17.4. The van der Waals surface area contributed by atoms with Crippen LogP contribution in [0.3, 0.4) is 0 Å². The molecule has 0 unspecified atom stereocenters. The van der Waals surface area contributed by atoms with Crippen molar-refractivity contribution in [3.05, 3.63) is 128 Å². The zero-order valence-corrected chi connectivity index (χ0v) is 19.0. The van der Waals surface area contributed by atoms with Crippen molar-refractivity contribution in [2.45, 2.75) is 0 Å². The summed E-state index contributed by atoms with van der Waals surface area (Å²) in [6.45, 7) is 0. The lowest BCUT2D eigenvalue weighted by Gasteiger charge is -2.18. The van der Waals surface area contributed by atoms with Gasteiger partial charge in [0.25, 0.3) is 11.1 Å². The first kappa shape index (κ1) is 22.7. The minimum atomic E-state index is -0.794. The monoisotopic (exact) mass is 482 g/mol. The lowest BCUT2D eigenvalue weighted by molar-refractivity contribution is 0.477. The zero-order chi connectivity index (χ0) is 25.4. The number of aromatic nitrogens is 3. The van der Waals surface area contributed by atoms with E-state index in [0.717, 1.165) is 15.3 Å². The third-order valence-corrected chi connectivity index (χ3v) is 5.78. The Morgan fingerprint density at radius 1 is 0.778 bits per heavy atom. The molecule has 0 bridgehead atoms. The summed E-state index contributed by atoms with van der Waals surface area (Å²) in [5, 5.41) is 11.0. The van der Waals surface area contributed by atoms with E-state index < -0.39 is 28.4 Å². The van der Waals surface area contributed by atoms with Crippen molar-refractivity contribution >= 4 is 22.9 Å². The third-order valence-electron chi connectivity index (χ3n) is 5.78. The Labute approximate surface area is 203 Å². The molecule has 5 rings (SSSR count). The number of hydrogen-bond donors (Lipinski definition) is 1. The highest BCUT2D eigenvalue weighted by Crippen LogP contribution is 2.24. The van der Waals surface area contributed by atoms with Crippen LogP contribution in [0.4, 0.5) is 10.1 Å². The summed E-state index contributed by atoms with van der Waals surface area (Å²) < 4.78 is 16.5. The Morgan fingerprint density at radius 3 is 1.92 bits per heavy atom. The zero-order valence-electron chi connectivity index (χ0n) is 19.0. The van der Waals surface area contributed by atoms with Crippen molar-refractivity contribution in [2.24, 2.45) is 12.0 Å². The molecule has 0 atom stereocenters. The van der Waals surface area contributed by atoms with Gasteiger partial charge >= 0.3 is 5.69 Å². The van der Waals surface area contributed by atoms with E-state index in [0.29, 0.717) is 17.1 Å². The molecular formula is C27H19FN4O4. The molecule has 8 nitrogen and oxygen atoms in total. The van der Waals surface area contributed by atoms with E-state index in [9.17, 15) is 23.9 Å². The second-order valence-electron chi connectivity index (χ2n) is 7.99. The van der Waals surface area contributed by atoms with Gasteiger partial charge in [-0.2, -0.15) is 0 Å². The summed E-state index contributed by atoms with van der Waals surface area (Å²) in [6.07, 6.45) is 1.12. The molecule has 2 heterocycles. The van der Waals surface area contributed by atoms with Crippen molar-refractivity contribution in [1.82, 2.24) is 13.7 Å². The molecule has 36 heavy (non-hydrogen) atoms. The van der Waals surface area contributed by atoms with Crippen LogP contribution in [0.5, 0.6) is 5.75 Å². The summed E-state index contributed by atoms with van der Waals surface area (Å²) in [5.74, 6) is -1.06. The minimum Gasteiger partial charge on any atom is -0.506 e. The van der Waals surface area contributed by atoms with E-state index >= 15 is 0 Å². The van der Waals surface area contributed by atoms with Crippen LogP contribution in [0.2, 0.25) is 0 Å². The summed E-state index contributed by atoms with van der Waals surface area (Å²) in [5.41, 5.74) is -1.44. The van der Waals surface area contributed by atoms with Crippen LogP contribution in [-0.4, -0.2) is 25.0 Å². The fraction of sp³-hybridized carbons (Fsp3) is 0.0370. The number of halogens is 1. The number of rotatable bonds is 4. The van der Waals surface area contributed by atoms with Gasteiger partial charge in [0.15, 0.2) is 0 Å². The van der Waals surface area contributed by atoms with Crippen LogP contribution in [-0.2, 0) is 7.05 Å². The van der Waals surface area contributed by atoms with Gasteiger partial charge < -0.3 is 5.11 Å². The van der Waals surface area contributed by atoms with E-state index in [2.05, 4.69) is 4.99 Å². The van der Waals surface area contributed by atoms with Gasteiger partial charge in [-0.05, 0) is 48.5 Å². The van der Waals surface area contributed by atoms with Crippen molar-refractivity contribution < 1.29 is 9.50 Å². The summed E-state index contributed by atoms with van der Waals surface area (Å²) in [6, 6.07) is 22.1. The number of aryl methyl sites for hydroxylation is 1. The number of aromatic hydroxyl groups is 1. The smallest absolute Gasteiger partial charge is 0.341 e. The molecule has 0 radical (unpaired) electrons. The van der Waals surface area contributed by atoms with Crippen LogP contribution < -0.4 is 16.8 Å². The molecule has 1 N–H and O–H groups in total. The quantitative estimate of drug-likeness (QED) is 0.397. The lowest BCUT2D eigenvalue weighted by atomic mass is 10.1. The Bertz CT molecular complexity index is 1800. The molecule has 0 aliphatic heterocycles. The number of hydrogen-bond acceptors (Lipinski definition) is 5. The van der Waals surface area contributed by atoms with Gasteiger partial charge in [-0.1, -0.05) is 36.4 Å². The molecule has 5 aromatic rings. The second kappa shape index (κ2) is 8.95. The van der Waals surface area contributed by atoms with Crippen molar-refractivity contribution in [1.29, 1.82) is 0 Å². The molecule has 0 aliphatic rings. The highest BCUT2D eigenvalue weighted by atomic mass is 19.1. The third kappa shape index (κ3) is 3.72. The average Bonchev–Trinajstić information content (AvgIpc) is 2.89.